The molecule has 20 heavy (non-hydrogen) atoms. The molecule has 0 spiro atoms. The van der Waals surface area contributed by atoms with Crippen molar-refractivity contribution in [3.63, 3.8) is 0 Å². The highest BCUT2D eigenvalue weighted by molar-refractivity contribution is 5.78. The average molecular weight is 279 g/mol. The summed E-state index contributed by atoms with van der Waals surface area (Å²) in [5, 5.41) is 8.95. The third-order valence-corrected chi connectivity index (χ3v) is 3.09. The van der Waals surface area contributed by atoms with Crippen molar-refractivity contribution >= 4 is 17.0 Å². The average Bonchev–Trinajstić information content (AvgIpc) is 2.65. The van der Waals surface area contributed by atoms with Crippen LogP contribution in [-0.2, 0) is 17.8 Å². The third kappa shape index (κ3) is 3.33. The SMILES string of the molecule is CN(C)CCCn1c(CC(=O)O)nc2cc(F)ccc21. The van der Waals surface area contributed by atoms with Gasteiger partial charge in [0.05, 0.1) is 11.0 Å². The van der Waals surface area contributed by atoms with E-state index >= 15 is 0 Å². The molecule has 0 saturated carbocycles. The smallest absolute Gasteiger partial charge is 0.311 e. The van der Waals surface area contributed by atoms with Gasteiger partial charge in [-0.3, -0.25) is 4.79 Å². The van der Waals surface area contributed by atoms with Gasteiger partial charge in [-0.1, -0.05) is 0 Å². The van der Waals surface area contributed by atoms with E-state index in [0.29, 0.717) is 17.9 Å². The second-order valence-corrected chi connectivity index (χ2v) is 5.04. The number of aliphatic carboxylic acids is 1. The lowest BCUT2D eigenvalue weighted by Crippen LogP contribution is -2.16. The molecule has 0 saturated heterocycles. The summed E-state index contributed by atoms with van der Waals surface area (Å²) < 4.78 is 15.1. The van der Waals surface area contributed by atoms with Crippen molar-refractivity contribution in [1.29, 1.82) is 0 Å². The van der Waals surface area contributed by atoms with Crippen molar-refractivity contribution in [3.05, 3.63) is 29.8 Å². The standard InChI is InChI=1S/C14H18FN3O2/c1-17(2)6-3-7-18-12-5-4-10(15)8-11(12)16-13(18)9-14(19)20/h4-5,8H,3,6-7,9H2,1-2H3,(H,19,20). The number of fused-ring (bicyclic) bond motifs is 1. The number of aromatic nitrogens is 2. The van der Waals surface area contributed by atoms with E-state index in [4.69, 9.17) is 5.11 Å². The molecule has 1 aromatic carbocycles. The van der Waals surface area contributed by atoms with Crippen LogP contribution in [0.5, 0.6) is 0 Å². The van der Waals surface area contributed by atoms with Gasteiger partial charge >= 0.3 is 5.97 Å². The molecule has 0 aliphatic carbocycles. The summed E-state index contributed by atoms with van der Waals surface area (Å²) in [5.41, 5.74) is 1.28. The summed E-state index contributed by atoms with van der Waals surface area (Å²) in [5.74, 6) is -0.830. The number of hydrogen-bond acceptors (Lipinski definition) is 3. The topological polar surface area (TPSA) is 58.4 Å². The molecule has 2 aromatic rings. The third-order valence-electron chi connectivity index (χ3n) is 3.09. The molecule has 108 valence electrons. The zero-order valence-electron chi connectivity index (χ0n) is 11.6. The number of carboxylic acids is 1. The first-order valence-corrected chi connectivity index (χ1v) is 6.48. The number of carbonyl (C=O) groups is 1. The number of nitrogens with zero attached hydrogens (tertiary/aromatic N) is 3. The Balaban J connectivity index is 2.33. The highest BCUT2D eigenvalue weighted by atomic mass is 19.1. The molecule has 0 aliphatic rings. The molecule has 6 heteroatoms. The number of rotatable bonds is 6. The van der Waals surface area contributed by atoms with Gasteiger partial charge in [0.1, 0.15) is 18.1 Å². The predicted octanol–water partition coefficient (Wildman–Crippen LogP) is 1.75. The maximum Gasteiger partial charge on any atom is 0.311 e. The second kappa shape index (κ2) is 6.00. The van der Waals surface area contributed by atoms with E-state index in [9.17, 15) is 9.18 Å². The molecule has 0 amide bonds. The largest absolute Gasteiger partial charge is 0.481 e. The first kappa shape index (κ1) is 14.5. The first-order chi connectivity index (χ1) is 9.47. The highest BCUT2D eigenvalue weighted by Gasteiger charge is 2.14. The lowest BCUT2D eigenvalue weighted by molar-refractivity contribution is -0.136. The van der Waals surface area contributed by atoms with Crippen LogP contribution in [0.25, 0.3) is 11.0 Å². The molecule has 1 N–H and O–H groups in total. The van der Waals surface area contributed by atoms with E-state index in [-0.39, 0.29) is 12.2 Å². The van der Waals surface area contributed by atoms with Gasteiger partial charge < -0.3 is 14.6 Å². The molecule has 1 aromatic heterocycles. The van der Waals surface area contributed by atoms with Crippen LogP contribution in [0, 0.1) is 5.82 Å². The minimum Gasteiger partial charge on any atom is -0.481 e. The lowest BCUT2D eigenvalue weighted by Gasteiger charge is -2.11. The number of benzene rings is 1. The van der Waals surface area contributed by atoms with Gasteiger partial charge in [-0.25, -0.2) is 9.37 Å². The number of imidazole rings is 1. The van der Waals surface area contributed by atoms with Crippen LogP contribution in [0.3, 0.4) is 0 Å². The summed E-state index contributed by atoms with van der Waals surface area (Å²) in [7, 11) is 3.97. The summed E-state index contributed by atoms with van der Waals surface area (Å²) in [6.07, 6.45) is 0.723. The van der Waals surface area contributed by atoms with Crippen molar-refractivity contribution in [2.75, 3.05) is 20.6 Å². The van der Waals surface area contributed by atoms with Gasteiger partial charge in [0, 0.05) is 12.6 Å². The molecule has 0 aliphatic heterocycles. The van der Waals surface area contributed by atoms with Crippen LogP contribution in [0.15, 0.2) is 18.2 Å². The van der Waals surface area contributed by atoms with Crippen LogP contribution < -0.4 is 0 Å². The minimum absolute atomic E-state index is 0.155. The number of carboxylic acid groups (broad SMARTS) is 1. The van der Waals surface area contributed by atoms with E-state index < -0.39 is 5.97 Å². The molecule has 1 heterocycles. The van der Waals surface area contributed by atoms with Gasteiger partial charge in [0.15, 0.2) is 0 Å². The highest BCUT2D eigenvalue weighted by Crippen LogP contribution is 2.18. The number of aryl methyl sites for hydroxylation is 1. The Morgan fingerprint density at radius 3 is 2.85 bits per heavy atom. The second-order valence-electron chi connectivity index (χ2n) is 5.04. The molecule has 0 atom stereocenters. The van der Waals surface area contributed by atoms with E-state index in [2.05, 4.69) is 9.88 Å². The quantitative estimate of drug-likeness (QED) is 0.875. The van der Waals surface area contributed by atoms with E-state index in [0.717, 1.165) is 18.5 Å². The summed E-state index contributed by atoms with van der Waals surface area (Å²) in [6, 6.07) is 4.36. The molecular formula is C14H18FN3O2. The first-order valence-electron chi connectivity index (χ1n) is 6.48. The fourth-order valence-electron chi connectivity index (χ4n) is 2.22. The van der Waals surface area contributed by atoms with Crippen LogP contribution in [0.4, 0.5) is 4.39 Å². The summed E-state index contributed by atoms with van der Waals surface area (Å²) >= 11 is 0. The molecule has 0 unspecified atom stereocenters. The predicted molar refractivity (Wildman–Crippen MR) is 74.2 cm³/mol. The van der Waals surface area contributed by atoms with Gasteiger partial charge in [-0.2, -0.15) is 0 Å². The van der Waals surface area contributed by atoms with Gasteiger partial charge in [0.25, 0.3) is 0 Å². The Bertz CT molecular complexity index is 622. The van der Waals surface area contributed by atoms with Crippen LogP contribution in [-0.4, -0.2) is 46.2 Å². The van der Waals surface area contributed by atoms with Crippen molar-refractivity contribution in [2.45, 2.75) is 19.4 Å². The minimum atomic E-state index is -0.936. The van der Waals surface area contributed by atoms with E-state index in [1.54, 1.807) is 6.07 Å². The molecule has 0 radical (unpaired) electrons. The van der Waals surface area contributed by atoms with Crippen LogP contribution in [0.2, 0.25) is 0 Å². The zero-order chi connectivity index (χ0) is 14.7. The van der Waals surface area contributed by atoms with Crippen LogP contribution >= 0.6 is 0 Å². The van der Waals surface area contributed by atoms with Crippen LogP contribution in [0.1, 0.15) is 12.2 Å². The molecule has 0 fully saturated rings. The van der Waals surface area contributed by atoms with Crippen molar-refractivity contribution in [1.82, 2.24) is 14.5 Å². The maximum absolute atomic E-state index is 13.2. The Labute approximate surface area is 116 Å². The van der Waals surface area contributed by atoms with Crippen molar-refractivity contribution < 1.29 is 14.3 Å². The fraction of sp³-hybridized carbons (Fsp3) is 0.429. The normalized spacial score (nSPS) is 11.4. The Hall–Kier alpha value is -1.95. The van der Waals surface area contributed by atoms with Gasteiger partial charge in [-0.05, 0) is 39.2 Å². The van der Waals surface area contributed by atoms with E-state index in [1.165, 1.54) is 12.1 Å². The molecule has 0 bridgehead atoms. The van der Waals surface area contributed by atoms with Crippen molar-refractivity contribution in [3.8, 4) is 0 Å². The molecular weight excluding hydrogens is 261 g/mol. The number of hydrogen-bond donors (Lipinski definition) is 1. The van der Waals surface area contributed by atoms with Gasteiger partial charge in [-0.15, -0.1) is 0 Å². The summed E-state index contributed by atoms with van der Waals surface area (Å²) in [4.78, 5) is 17.2. The lowest BCUT2D eigenvalue weighted by atomic mass is 10.3. The maximum atomic E-state index is 13.2. The molecule has 5 nitrogen and oxygen atoms in total. The Kier molecular flexibility index (Phi) is 4.34. The van der Waals surface area contributed by atoms with E-state index in [1.807, 2.05) is 18.7 Å². The Morgan fingerprint density at radius 1 is 1.45 bits per heavy atom. The fourth-order valence-corrected chi connectivity index (χ4v) is 2.22. The molecule has 2 rings (SSSR count). The zero-order valence-corrected chi connectivity index (χ0v) is 11.6. The van der Waals surface area contributed by atoms with Crippen molar-refractivity contribution in [2.24, 2.45) is 0 Å². The van der Waals surface area contributed by atoms with Gasteiger partial charge in [0.2, 0.25) is 0 Å². The monoisotopic (exact) mass is 279 g/mol. The summed E-state index contributed by atoms with van der Waals surface area (Å²) in [6.45, 7) is 1.57. The number of halogens is 1. The Morgan fingerprint density at radius 2 is 2.20 bits per heavy atom.